The number of fused-ring (bicyclic) bond motifs is 5. The second kappa shape index (κ2) is 14.3. The molecule has 6 rings (SSSR count). The summed E-state index contributed by atoms with van der Waals surface area (Å²) in [5.74, 6) is -4.57. The molecule has 54 heavy (non-hydrogen) atoms. The van der Waals surface area contributed by atoms with Crippen molar-refractivity contribution in [2.24, 2.45) is 16.7 Å². The number of hydrogen-bond donors (Lipinski definition) is 6. The molecule has 0 aromatic heterocycles. The maximum absolute atomic E-state index is 14.7. The molecule has 1 aliphatic heterocycles. The number of ketones is 1. The second-order valence-electron chi connectivity index (χ2n) is 15.4. The van der Waals surface area contributed by atoms with Crippen LogP contribution in [0.1, 0.15) is 62.5 Å². The number of amides is 1. The van der Waals surface area contributed by atoms with Crippen LogP contribution in [0.2, 0.25) is 0 Å². The van der Waals surface area contributed by atoms with Crippen LogP contribution in [0.15, 0.2) is 84.5 Å². The van der Waals surface area contributed by atoms with Gasteiger partial charge in [0.2, 0.25) is 0 Å². The van der Waals surface area contributed by atoms with Crippen LogP contribution in [-0.4, -0.2) is 110 Å². The van der Waals surface area contributed by atoms with Crippen molar-refractivity contribution in [2.75, 3.05) is 13.2 Å². The van der Waals surface area contributed by atoms with E-state index in [1.54, 1.807) is 62.4 Å². The van der Waals surface area contributed by atoms with Crippen molar-refractivity contribution in [1.82, 2.24) is 5.32 Å². The van der Waals surface area contributed by atoms with Gasteiger partial charge in [-0.15, -0.1) is 0 Å². The van der Waals surface area contributed by atoms with Crippen LogP contribution in [0.3, 0.4) is 0 Å². The molecule has 1 unspecified atom stereocenters. The number of benzene rings is 2. The van der Waals surface area contributed by atoms with Crippen LogP contribution in [0.5, 0.6) is 0 Å². The van der Waals surface area contributed by atoms with E-state index in [4.69, 9.17) is 18.9 Å². The molecular formula is C40H47NO13. The number of hydrogen-bond acceptors (Lipinski definition) is 13. The molecule has 0 spiro atoms. The zero-order valence-electron chi connectivity index (χ0n) is 30.5. The van der Waals surface area contributed by atoms with Gasteiger partial charge in [0, 0.05) is 24.2 Å². The zero-order valence-corrected chi connectivity index (χ0v) is 30.5. The Kier molecular flexibility index (Phi) is 10.4. The van der Waals surface area contributed by atoms with E-state index in [1.165, 1.54) is 32.1 Å². The standard InChI is InChI=1S/C40H47NO13/c1-6-17-51-36(48)41-28(22-13-9-7-10-14-22)30(44)35(47)53-24-19-40(50)33(54-34(46)23-15-11-8-12-16-23)31-38(5,25(42)18-26-39(31,49)20-52-26)32(45)29(43)27(21(24)2)37(40,3)4/h6-16,24-26,28-31,33,42-44,49-50H,1,17-20H2,2-5H3,(H,41,48)/t24?,25-,26+,28-,29+,30+,31-,33-,38+,39-,40+/m0/s1. The molecule has 0 radical (unpaired) electrons. The maximum Gasteiger partial charge on any atom is 0.408 e. The number of alkyl carbamates (subject to hydrolysis) is 1. The predicted molar refractivity (Wildman–Crippen MR) is 189 cm³/mol. The number of ether oxygens (including phenoxy) is 4. The monoisotopic (exact) mass is 749 g/mol. The summed E-state index contributed by atoms with van der Waals surface area (Å²) < 4.78 is 22.7. The van der Waals surface area contributed by atoms with Crippen LogP contribution >= 0.6 is 0 Å². The molecule has 2 saturated carbocycles. The van der Waals surface area contributed by atoms with E-state index in [1.807, 2.05) is 0 Å². The molecule has 2 bridgehead atoms. The molecule has 14 heteroatoms. The van der Waals surface area contributed by atoms with Crippen molar-refractivity contribution < 1.29 is 63.7 Å². The summed E-state index contributed by atoms with van der Waals surface area (Å²) in [6, 6.07) is 14.6. The maximum atomic E-state index is 14.7. The van der Waals surface area contributed by atoms with Crippen LogP contribution < -0.4 is 5.32 Å². The average Bonchev–Trinajstić information content (AvgIpc) is 3.15. The van der Waals surface area contributed by atoms with Crippen molar-refractivity contribution >= 4 is 23.8 Å². The zero-order chi connectivity index (χ0) is 39.4. The highest BCUT2D eigenvalue weighted by Gasteiger charge is 2.76. The third-order valence-electron chi connectivity index (χ3n) is 12.2. The summed E-state index contributed by atoms with van der Waals surface area (Å²) in [6.07, 6.45) is -9.99. The number of rotatable bonds is 9. The van der Waals surface area contributed by atoms with Gasteiger partial charge in [0.05, 0.1) is 35.8 Å². The van der Waals surface area contributed by atoms with Crippen molar-refractivity contribution in [3.63, 3.8) is 0 Å². The second-order valence-corrected chi connectivity index (χ2v) is 15.4. The lowest BCUT2D eigenvalue weighted by Crippen LogP contribution is -2.81. The lowest BCUT2D eigenvalue weighted by atomic mass is 9.44. The van der Waals surface area contributed by atoms with Gasteiger partial charge in [0.25, 0.3) is 0 Å². The minimum atomic E-state index is -2.31. The van der Waals surface area contributed by atoms with E-state index < -0.39 is 101 Å². The first-order valence-corrected chi connectivity index (χ1v) is 17.8. The van der Waals surface area contributed by atoms with Gasteiger partial charge in [-0.1, -0.05) is 75.0 Å². The minimum Gasteiger partial charge on any atom is -0.456 e. The highest BCUT2D eigenvalue weighted by Crippen LogP contribution is 2.63. The van der Waals surface area contributed by atoms with Crippen molar-refractivity contribution in [3.8, 4) is 0 Å². The number of nitrogens with one attached hydrogen (secondary N) is 1. The molecule has 14 nitrogen and oxygen atoms in total. The molecule has 3 aliphatic carbocycles. The van der Waals surface area contributed by atoms with Crippen LogP contribution in [-0.2, 0) is 28.5 Å². The van der Waals surface area contributed by atoms with E-state index in [0.29, 0.717) is 5.56 Å². The summed E-state index contributed by atoms with van der Waals surface area (Å²) in [4.78, 5) is 55.0. The normalized spacial score (nSPS) is 35.0. The average molecular weight is 750 g/mol. The fourth-order valence-electron chi connectivity index (χ4n) is 9.03. The summed E-state index contributed by atoms with van der Waals surface area (Å²) in [5.41, 5.74) is -7.24. The van der Waals surface area contributed by atoms with E-state index in [-0.39, 0.29) is 36.3 Å². The van der Waals surface area contributed by atoms with Crippen LogP contribution in [0.4, 0.5) is 4.79 Å². The lowest BCUT2D eigenvalue weighted by molar-refractivity contribution is -0.343. The Morgan fingerprint density at radius 1 is 1.02 bits per heavy atom. The van der Waals surface area contributed by atoms with E-state index in [0.717, 1.165) is 0 Å². The molecule has 6 N–H and O–H groups in total. The molecule has 1 amide bonds. The predicted octanol–water partition coefficient (Wildman–Crippen LogP) is 2.08. The van der Waals surface area contributed by atoms with Gasteiger partial charge < -0.3 is 49.8 Å². The first-order chi connectivity index (χ1) is 25.4. The highest BCUT2D eigenvalue weighted by molar-refractivity contribution is 5.94. The Hall–Kier alpha value is -4.44. The van der Waals surface area contributed by atoms with E-state index in [9.17, 15) is 44.7 Å². The SMILES string of the molecule is C=CCOC(=O)N[C@@H](c1ccccc1)[C@@H](O)C(=O)OC1C[C@@]2(O)[C@@H](OC(=O)c3ccccc3)[C@@H]3[C@]4(O)CO[C@@H]4C[C@H](O)[C@@]3(C)C(=O)[C@H](O)C(=C1C)C2(C)C. The van der Waals surface area contributed by atoms with Crippen LogP contribution in [0.25, 0.3) is 0 Å². The molecule has 2 aromatic rings. The summed E-state index contributed by atoms with van der Waals surface area (Å²) in [7, 11) is 0. The number of carbonyl (C=O) groups excluding carboxylic acids is 4. The number of Topliss-reactive ketones (excluding diaryl/α,β-unsaturated/α-hetero) is 1. The first kappa shape index (κ1) is 39.3. The number of aliphatic hydroxyl groups is 5. The lowest BCUT2D eigenvalue weighted by Gasteiger charge is -2.66. The molecule has 11 atom stereocenters. The fraction of sp³-hybridized carbons (Fsp3) is 0.500. The Balaban J connectivity index is 1.45. The highest BCUT2D eigenvalue weighted by atomic mass is 16.6. The van der Waals surface area contributed by atoms with E-state index >= 15 is 0 Å². The van der Waals surface area contributed by atoms with Crippen molar-refractivity contribution in [3.05, 3.63) is 95.6 Å². The largest absolute Gasteiger partial charge is 0.456 e. The molecule has 3 fully saturated rings. The van der Waals surface area contributed by atoms with Gasteiger partial charge in [-0.05, 0) is 42.7 Å². The molecule has 290 valence electrons. The number of carbonyl (C=O) groups is 4. The molecule has 1 saturated heterocycles. The topological polar surface area (TPSA) is 218 Å². The van der Waals surface area contributed by atoms with Gasteiger partial charge in [0.1, 0.15) is 36.1 Å². The Morgan fingerprint density at radius 3 is 2.24 bits per heavy atom. The molecule has 4 aliphatic rings. The van der Waals surface area contributed by atoms with Gasteiger partial charge in [-0.25, -0.2) is 14.4 Å². The smallest absolute Gasteiger partial charge is 0.408 e. The molecule has 2 aromatic carbocycles. The van der Waals surface area contributed by atoms with Gasteiger partial charge in [0.15, 0.2) is 11.9 Å². The van der Waals surface area contributed by atoms with Gasteiger partial charge >= 0.3 is 18.0 Å². The Morgan fingerprint density at radius 2 is 1.65 bits per heavy atom. The van der Waals surface area contributed by atoms with Crippen LogP contribution in [0, 0.1) is 16.7 Å². The van der Waals surface area contributed by atoms with Gasteiger partial charge in [-0.3, -0.25) is 4.79 Å². The van der Waals surface area contributed by atoms with Crippen molar-refractivity contribution in [1.29, 1.82) is 0 Å². The van der Waals surface area contributed by atoms with Gasteiger partial charge in [-0.2, -0.15) is 0 Å². The summed E-state index contributed by atoms with van der Waals surface area (Å²) in [6.45, 7) is 9.00. The number of aliphatic hydroxyl groups excluding tert-OH is 3. The fourth-order valence-corrected chi connectivity index (χ4v) is 9.03. The first-order valence-electron chi connectivity index (χ1n) is 17.8. The Bertz CT molecular complexity index is 1830. The Labute approximate surface area is 312 Å². The summed E-state index contributed by atoms with van der Waals surface area (Å²) >= 11 is 0. The molecule has 1 heterocycles. The molecular weight excluding hydrogens is 702 g/mol. The van der Waals surface area contributed by atoms with E-state index in [2.05, 4.69) is 11.9 Å². The third-order valence-corrected chi connectivity index (χ3v) is 12.2. The quantitative estimate of drug-likeness (QED) is 0.123. The third kappa shape index (κ3) is 6.14. The van der Waals surface area contributed by atoms with Crippen molar-refractivity contribution in [2.45, 2.75) is 94.4 Å². The summed E-state index contributed by atoms with van der Waals surface area (Å²) in [5, 5.41) is 62.9. The number of esters is 2. The minimum absolute atomic E-state index is 0.0501.